The van der Waals surface area contributed by atoms with Gasteiger partial charge in [-0.15, -0.1) is 0 Å². The summed E-state index contributed by atoms with van der Waals surface area (Å²) in [7, 11) is 0. The molecular weight excluding hydrogens is 310 g/mol. The zero-order valence-electron chi connectivity index (χ0n) is 14.5. The van der Waals surface area contributed by atoms with Crippen LogP contribution in [0.3, 0.4) is 0 Å². The standard InChI is InChI=1S/C16H27N5O3/c1-12-9-21(6-7-23-12)16(22)8-17-14-4-3-5-20(10-14)11-15-18-13(2)24-19-15/h12,14,17H,3-11H2,1-2H3/t12-,14+/m1/s1. The maximum absolute atomic E-state index is 12.3. The van der Waals surface area contributed by atoms with E-state index in [2.05, 4.69) is 20.4 Å². The summed E-state index contributed by atoms with van der Waals surface area (Å²) in [5.74, 6) is 1.49. The molecule has 1 aromatic heterocycles. The summed E-state index contributed by atoms with van der Waals surface area (Å²) in [4.78, 5) is 20.8. The molecule has 3 rings (SSSR count). The molecular formula is C16H27N5O3. The van der Waals surface area contributed by atoms with Crippen LogP contribution < -0.4 is 5.32 Å². The fraction of sp³-hybridized carbons (Fsp3) is 0.812. The summed E-state index contributed by atoms with van der Waals surface area (Å²) in [6.07, 6.45) is 2.33. The average Bonchev–Trinajstić information content (AvgIpc) is 2.98. The van der Waals surface area contributed by atoms with E-state index in [0.29, 0.717) is 44.7 Å². The van der Waals surface area contributed by atoms with Gasteiger partial charge in [0.05, 0.1) is 25.8 Å². The van der Waals surface area contributed by atoms with Crippen molar-refractivity contribution in [3.63, 3.8) is 0 Å². The van der Waals surface area contributed by atoms with Gasteiger partial charge in [0.2, 0.25) is 11.8 Å². The highest BCUT2D eigenvalue weighted by molar-refractivity contribution is 5.78. The third-order valence-corrected chi connectivity index (χ3v) is 4.58. The largest absolute Gasteiger partial charge is 0.375 e. The van der Waals surface area contributed by atoms with Crippen molar-refractivity contribution in [2.24, 2.45) is 0 Å². The van der Waals surface area contributed by atoms with E-state index in [4.69, 9.17) is 9.26 Å². The van der Waals surface area contributed by atoms with Gasteiger partial charge in [-0.1, -0.05) is 5.16 Å². The molecule has 24 heavy (non-hydrogen) atoms. The van der Waals surface area contributed by atoms with E-state index in [-0.39, 0.29) is 12.0 Å². The summed E-state index contributed by atoms with van der Waals surface area (Å²) in [6, 6.07) is 0.328. The van der Waals surface area contributed by atoms with Gasteiger partial charge in [-0.05, 0) is 26.3 Å². The Balaban J connectivity index is 1.42. The molecule has 0 unspecified atom stereocenters. The minimum Gasteiger partial charge on any atom is -0.375 e. The number of piperidine rings is 1. The minimum atomic E-state index is 0.131. The van der Waals surface area contributed by atoms with Crippen molar-refractivity contribution in [1.82, 2.24) is 25.3 Å². The molecule has 0 aromatic carbocycles. The highest BCUT2D eigenvalue weighted by Gasteiger charge is 2.24. The predicted octanol–water partition coefficient (Wildman–Crippen LogP) is 0.179. The van der Waals surface area contributed by atoms with Crippen LogP contribution in [0.4, 0.5) is 0 Å². The molecule has 8 nitrogen and oxygen atoms in total. The summed E-state index contributed by atoms with van der Waals surface area (Å²) in [5.41, 5.74) is 0. The van der Waals surface area contributed by atoms with Gasteiger partial charge in [0.1, 0.15) is 0 Å². The Bertz CT molecular complexity index is 550. The smallest absolute Gasteiger partial charge is 0.236 e. The maximum Gasteiger partial charge on any atom is 0.236 e. The Morgan fingerprint density at radius 1 is 1.38 bits per heavy atom. The molecule has 1 N–H and O–H groups in total. The molecule has 2 atom stereocenters. The highest BCUT2D eigenvalue weighted by atomic mass is 16.5. The van der Waals surface area contributed by atoms with Crippen LogP contribution in [0.1, 0.15) is 31.5 Å². The number of morpholine rings is 1. The van der Waals surface area contributed by atoms with Gasteiger partial charge in [-0.25, -0.2) is 0 Å². The van der Waals surface area contributed by atoms with E-state index in [1.165, 1.54) is 0 Å². The highest BCUT2D eigenvalue weighted by Crippen LogP contribution is 2.13. The van der Waals surface area contributed by atoms with Crippen LogP contribution in [-0.4, -0.2) is 77.3 Å². The number of amides is 1. The molecule has 2 aliphatic rings. The fourth-order valence-electron chi connectivity index (χ4n) is 3.36. The van der Waals surface area contributed by atoms with Crippen LogP contribution >= 0.6 is 0 Å². The van der Waals surface area contributed by atoms with Crippen molar-refractivity contribution in [2.45, 2.75) is 45.4 Å². The number of ether oxygens (including phenoxy) is 1. The van der Waals surface area contributed by atoms with Gasteiger partial charge in [-0.2, -0.15) is 4.98 Å². The normalized spacial score (nSPS) is 25.8. The van der Waals surface area contributed by atoms with Crippen LogP contribution in [0.5, 0.6) is 0 Å². The van der Waals surface area contributed by atoms with Crippen molar-refractivity contribution < 1.29 is 14.1 Å². The molecule has 1 aromatic rings. The molecule has 0 saturated carbocycles. The lowest BCUT2D eigenvalue weighted by molar-refractivity contribution is -0.137. The predicted molar refractivity (Wildman–Crippen MR) is 87.3 cm³/mol. The second-order valence-corrected chi connectivity index (χ2v) is 6.71. The number of hydrogen-bond donors (Lipinski definition) is 1. The van der Waals surface area contributed by atoms with Gasteiger partial charge in [-0.3, -0.25) is 9.69 Å². The molecule has 2 fully saturated rings. The van der Waals surface area contributed by atoms with Gasteiger partial charge in [0.15, 0.2) is 5.82 Å². The van der Waals surface area contributed by atoms with E-state index < -0.39 is 0 Å². The van der Waals surface area contributed by atoms with E-state index >= 15 is 0 Å². The lowest BCUT2D eigenvalue weighted by Gasteiger charge is -2.34. The first-order valence-electron chi connectivity index (χ1n) is 8.74. The molecule has 1 amide bonds. The lowest BCUT2D eigenvalue weighted by Crippen LogP contribution is -2.51. The molecule has 134 valence electrons. The third-order valence-electron chi connectivity index (χ3n) is 4.58. The van der Waals surface area contributed by atoms with E-state index in [9.17, 15) is 4.79 Å². The quantitative estimate of drug-likeness (QED) is 0.820. The summed E-state index contributed by atoms with van der Waals surface area (Å²) in [6.45, 7) is 8.85. The molecule has 0 bridgehead atoms. The number of likely N-dealkylation sites (tertiary alicyclic amines) is 1. The Labute approximate surface area is 142 Å². The van der Waals surface area contributed by atoms with Crippen LogP contribution in [0.25, 0.3) is 0 Å². The number of carbonyl (C=O) groups is 1. The minimum absolute atomic E-state index is 0.131. The topological polar surface area (TPSA) is 83.7 Å². The Morgan fingerprint density at radius 2 is 2.25 bits per heavy atom. The molecule has 2 aliphatic heterocycles. The number of nitrogens with one attached hydrogen (secondary N) is 1. The molecule has 2 saturated heterocycles. The number of carbonyl (C=O) groups excluding carboxylic acids is 1. The summed E-state index contributed by atoms with van der Waals surface area (Å²) < 4.78 is 10.5. The molecule has 0 spiro atoms. The first-order chi connectivity index (χ1) is 11.6. The Morgan fingerprint density at radius 3 is 3.00 bits per heavy atom. The second-order valence-electron chi connectivity index (χ2n) is 6.71. The monoisotopic (exact) mass is 337 g/mol. The van der Waals surface area contributed by atoms with Crippen molar-refractivity contribution in [2.75, 3.05) is 39.3 Å². The van der Waals surface area contributed by atoms with Crippen molar-refractivity contribution >= 4 is 5.91 Å². The number of nitrogens with zero attached hydrogens (tertiary/aromatic N) is 4. The van der Waals surface area contributed by atoms with E-state index in [0.717, 1.165) is 31.8 Å². The van der Waals surface area contributed by atoms with E-state index in [1.54, 1.807) is 6.92 Å². The van der Waals surface area contributed by atoms with Crippen LogP contribution in [0, 0.1) is 6.92 Å². The lowest BCUT2D eigenvalue weighted by atomic mass is 10.1. The molecule has 3 heterocycles. The van der Waals surface area contributed by atoms with Crippen molar-refractivity contribution in [3.8, 4) is 0 Å². The van der Waals surface area contributed by atoms with Gasteiger partial charge >= 0.3 is 0 Å². The number of hydrogen-bond acceptors (Lipinski definition) is 7. The van der Waals surface area contributed by atoms with Crippen molar-refractivity contribution in [1.29, 1.82) is 0 Å². The molecule has 0 aliphatic carbocycles. The van der Waals surface area contributed by atoms with Gasteiger partial charge in [0.25, 0.3) is 0 Å². The number of rotatable bonds is 5. The SMILES string of the molecule is Cc1nc(CN2CCC[C@H](NCC(=O)N3CCO[C@H](C)C3)C2)no1. The Hall–Kier alpha value is -1.51. The van der Waals surface area contributed by atoms with Crippen molar-refractivity contribution in [3.05, 3.63) is 11.7 Å². The molecule has 8 heteroatoms. The molecule has 0 radical (unpaired) electrons. The zero-order valence-corrected chi connectivity index (χ0v) is 14.5. The maximum atomic E-state index is 12.3. The van der Waals surface area contributed by atoms with Crippen LogP contribution in [0.15, 0.2) is 4.52 Å². The average molecular weight is 337 g/mol. The first-order valence-corrected chi connectivity index (χ1v) is 8.74. The summed E-state index contributed by atoms with van der Waals surface area (Å²) in [5, 5.41) is 7.37. The summed E-state index contributed by atoms with van der Waals surface area (Å²) >= 11 is 0. The van der Waals surface area contributed by atoms with E-state index in [1.807, 2.05) is 11.8 Å². The van der Waals surface area contributed by atoms with Gasteiger partial charge in [0, 0.05) is 32.6 Å². The number of aryl methyl sites for hydroxylation is 1. The second kappa shape index (κ2) is 8.04. The van der Waals surface area contributed by atoms with Gasteiger partial charge < -0.3 is 19.5 Å². The first kappa shape index (κ1) is 17.3. The fourth-order valence-corrected chi connectivity index (χ4v) is 3.36. The van der Waals surface area contributed by atoms with Crippen LogP contribution in [-0.2, 0) is 16.1 Å². The van der Waals surface area contributed by atoms with Crippen LogP contribution in [0.2, 0.25) is 0 Å². The third kappa shape index (κ3) is 4.75. The zero-order chi connectivity index (χ0) is 16.9. The Kier molecular flexibility index (Phi) is 5.80. The number of aromatic nitrogens is 2.